The number of ether oxygens (including phenoxy) is 1. The minimum Gasteiger partial charge on any atom is -0.483 e. The van der Waals surface area contributed by atoms with Crippen molar-refractivity contribution in [2.24, 2.45) is 5.41 Å². The Labute approximate surface area is 109 Å². The second kappa shape index (κ2) is 4.13. The van der Waals surface area contributed by atoms with Gasteiger partial charge < -0.3 is 9.84 Å². The second-order valence-corrected chi connectivity index (χ2v) is 6.60. The van der Waals surface area contributed by atoms with Gasteiger partial charge in [0.2, 0.25) is 0 Å². The molecule has 2 nitrogen and oxygen atoms in total. The highest BCUT2D eigenvalue weighted by molar-refractivity contribution is 5.62. The summed E-state index contributed by atoms with van der Waals surface area (Å²) in [6.07, 6.45) is 3.64. The molecule has 2 rings (SSSR count). The molecule has 0 bridgehead atoms. The molecule has 18 heavy (non-hydrogen) atoms. The van der Waals surface area contributed by atoms with Gasteiger partial charge in [0, 0.05) is 5.56 Å². The Bertz CT molecular complexity index is 478. The molecule has 1 atom stereocenters. The normalized spacial score (nSPS) is 19.0. The van der Waals surface area contributed by atoms with Gasteiger partial charge in [0.1, 0.15) is 11.4 Å². The van der Waals surface area contributed by atoms with E-state index in [0.29, 0.717) is 0 Å². The van der Waals surface area contributed by atoms with Crippen molar-refractivity contribution in [3.63, 3.8) is 0 Å². The van der Waals surface area contributed by atoms with Crippen molar-refractivity contribution in [3.05, 3.63) is 35.4 Å². The summed E-state index contributed by atoms with van der Waals surface area (Å²) in [5.41, 5.74) is 1.56. The molecule has 0 radical (unpaired) electrons. The van der Waals surface area contributed by atoms with Crippen LogP contribution < -0.4 is 4.74 Å². The molecule has 0 saturated carbocycles. The Kier molecular flexibility index (Phi) is 3.02. The van der Waals surface area contributed by atoms with E-state index >= 15 is 0 Å². The fraction of sp³-hybridized carbons (Fsp3) is 0.500. The van der Waals surface area contributed by atoms with Crippen molar-refractivity contribution >= 4 is 6.08 Å². The molecule has 2 heteroatoms. The topological polar surface area (TPSA) is 29.5 Å². The van der Waals surface area contributed by atoms with E-state index in [9.17, 15) is 5.11 Å². The number of rotatable bonds is 1. The van der Waals surface area contributed by atoms with Gasteiger partial charge in [-0.05, 0) is 43.0 Å². The molecule has 0 aliphatic carbocycles. The first-order valence-corrected chi connectivity index (χ1v) is 6.39. The number of hydrogen-bond acceptors (Lipinski definition) is 2. The zero-order chi connectivity index (χ0) is 13.6. The van der Waals surface area contributed by atoms with Crippen LogP contribution in [0.5, 0.6) is 5.75 Å². The molecule has 1 N–H and O–H groups in total. The fourth-order valence-corrected chi connectivity index (χ4v) is 2.07. The Morgan fingerprint density at radius 2 is 1.89 bits per heavy atom. The van der Waals surface area contributed by atoms with E-state index < -0.39 is 6.10 Å². The van der Waals surface area contributed by atoms with Gasteiger partial charge in [0.25, 0.3) is 0 Å². The largest absolute Gasteiger partial charge is 0.483 e. The first kappa shape index (κ1) is 13.2. The van der Waals surface area contributed by atoms with Crippen molar-refractivity contribution in [3.8, 4) is 5.75 Å². The molecule has 1 unspecified atom stereocenters. The third-order valence-electron chi connectivity index (χ3n) is 3.21. The van der Waals surface area contributed by atoms with Gasteiger partial charge in [0.15, 0.2) is 0 Å². The quantitative estimate of drug-likeness (QED) is 0.813. The highest BCUT2D eigenvalue weighted by Crippen LogP contribution is 2.37. The number of fused-ring (bicyclic) bond motifs is 1. The molecule has 1 aliphatic rings. The van der Waals surface area contributed by atoms with Crippen LogP contribution in [-0.2, 0) is 0 Å². The summed E-state index contributed by atoms with van der Waals surface area (Å²) in [6, 6.07) is 5.91. The summed E-state index contributed by atoms with van der Waals surface area (Å²) in [7, 11) is 0. The minimum atomic E-state index is -0.467. The highest BCUT2D eigenvalue weighted by atomic mass is 16.5. The number of aliphatic hydroxyl groups is 1. The summed E-state index contributed by atoms with van der Waals surface area (Å²) >= 11 is 0. The molecular formula is C16H22O2. The Morgan fingerprint density at radius 1 is 1.22 bits per heavy atom. The standard InChI is InChI=1S/C16H22O2/c1-15(2,3)14(17)12-6-7-13-11(10-12)8-9-16(4,5)18-13/h6-10,14,17H,1-5H3. The zero-order valence-electron chi connectivity index (χ0n) is 11.8. The van der Waals surface area contributed by atoms with Crippen LogP contribution in [0.1, 0.15) is 51.8 Å². The summed E-state index contributed by atoms with van der Waals surface area (Å²) in [4.78, 5) is 0. The first-order valence-electron chi connectivity index (χ1n) is 6.39. The highest BCUT2D eigenvalue weighted by Gasteiger charge is 2.26. The van der Waals surface area contributed by atoms with Crippen LogP contribution in [0.25, 0.3) is 6.08 Å². The predicted molar refractivity (Wildman–Crippen MR) is 74.6 cm³/mol. The number of aliphatic hydroxyl groups excluding tert-OH is 1. The van der Waals surface area contributed by atoms with Gasteiger partial charge in [-0.3, -0.25) is 0 Å². The minimum absolute atomic E-state index is 0.160. The zero-order valence-corrected chi connectivity index (χ0v) is 11.8. The van der Waals surface area contributed by atoms with Crippen molar-refractivity contribution in [1.29, 1.82) is 0 Å². The SMILES string of the molecule is CC1(C)C=Cc2cc(C(O)C(C)(C)C)ccc2O1. The fourth-order valence-electron chi connectivity index (χ4n) is 2.07. The first-order chi connectivity index (χ1) is 8.19. The summed E-state index contributed by atoms with van der Waals surface area (Å²) in [5.74, 6) is 0.882. The second-order valence-electron chi connectivity index (χ2n) is 6.60. The van der Waals surface area contributed by atoms with Crippen LogP contribution in [0, 0.1) is 5.41 Å². The van der Waals surface area contributed by atoms with Crippen molar-refractivity contribution in [2.45, 2.75) is 46.3 Å². The third kappa shape index (κ3) is 2.59. The van der Waals surface area contributed by atoms with E-state index in [-0.39, 0.29) is 11.0 Å². The molecule has 98 valence electrons. The van der Waals surface area contributed by atoms with Gasteiger partial charge in [-0.2, -0.15) is 0 Å². The maximum Gasteiger partial charge on any atom is 0.127 e. The average molecular weight is 246 g/mol. The molecular weight excluding hydrogens is 224 g/mol. The molecule has 1 aromatic rings. The molecule has 0 amide bonds. The van der Waals surface area contributed by atoms with Crippen LogP contribution in [0.4, 0.5) is 0 Å². The summed E-state index contributed by atoms with van der Waals surface area (Å²) in [6.45, 7) is 10.2. The van der Waals surface area contributed by atoms with E-state index in [2.05, 4.69) is 6.08 Å². The molecule has 0 saturated heterocycles. The van der Waals surface area contributed by atoms with Gasteiger partial charge in [-0.25, -0.2) is 0 Å². The van der Waals surface area contributed by atoms with Gasteiger partial charge in [0.05, 0.1) is 6.10 Å². The molecule has 0 fully saturated rings. The molecule has 1 aliphatic heterocycles. The maximum atomic E-state index is 10.3. The van der Waals surface area contributed by atoms with Crippen LogP contribution in [0.2, 0.25) is 0 Å². The maximum absolute atomic E-state index is 10.3. The van der Waals surface area contributed by atoms with Crippen LogP contribution >= 0.6 is 0 Å². The van der Waals surface area contributed by atoms with Crippen molar-refractivity contribution < 1.29 is 9.84 Å². The van der Waals surface area contributed by atoms with E-state index in [1.54, 1.807) is 0 Å². The van der Waals surface area contributed by atoms with Gasteiger partial charge >= 0.3 is 0 Å². The molecule has 0 spiro atoms. The van der Waals surface area contributed by atoms with E-state index in [1.807, 2.05) is 58.9 Å². The Balaban J connectivity index is 2.35. The molecule has 0 aromatic heterocycles. The lowest BCUT2D eigenvalue weighted by molar-refractivity contribution is 0.0625. The van der Waals surface area contributed by atoms with Gasteiger partial charge in [-0.1, -0.05) is 32.9 Å². The molecule has 1 aromatic carbocycles. The predicted octanol–water partition coefficient (Wildman–Crippen LogP) is 3.95. The monoisotopic (exact) mass is 246 g/mol. The lowest BCUT2D eigenvalue weighted by Gasteiger charge is -2.30. The smallest absolute Gasteiger partial charge is 0.127 e. The van der Waals surface area contributed by atoms with Crippen LogP contribution in [-0.4, -0.2) is 10.7 Å². The van der Waals surface area contributed by atoms with Crippen LogP contribution in [0.15, 0.2) is 24.3 Å². The summed E-state index contributed by atoms with van der Waals surface area (Å²) in [5, 5.41) is 10.3. The van der Waals surface area contributed by atoms with Crippen molar-refractivity contribution in [2.75, 3.05) is 0 Å². The van der Waals surface area contributed by atoms with Gasteiger partial charge in [-0.15, -0.1) is 0 Å². The Hall–Kier alpha value is -1.28. The Morgan fingerprint density at radius 3 is 2.50 bits per heavy atom. The van der Waals surface area contributed by atoms with Crippen molar-refractivity contribution in [1.82, 2.24) is 0 Å². The van der Waals surface area contributed by atoms with E-state index in [4.69, 9.17) is 4.74 Å². The lowest BCUT2D eigenvalue weighted by Crippen LogP contribution is -2.27. The number of benzene rings is 1. The van der Waals surface area contributed by atoms with E-state index in [0.717, 1.165) is 16.9 Å². The lowest BCUT2D eigenvalue weighted by atomic mass is 9.84. The average Bonchev–Trinajstić information content (AvgIpc) is 2.25. The number of hydrogen-bond donors (Lipinski definition) is 1. The third-order valence-corrected chi connectivity index (χ3v) is 3.21. The van der Waals surface area contributed by atoms with Crippen LogP contribution in [0.3, 0.4) is 0 Å². The summed E-state index contributed by atoms with van der Waals surface area (Å²) < 4.78 is 5.87. The molecule has 1 heterocycles. The van der Waals surface area contributed by atoms with E-state index in [1.165, 1.54) is 0 Å².